The number of carbonyl (C=O) groups excluding carboxylic acids is 2. The zero-order chi connectivity index (χ0) is 15.5. The van der Waals surface area contributed by atoms with E-state index in [4.69, 9.17) is 0 Å². The third-order valence-electron chi connectivity index (χ3n) is 3.53. The number of benzene rings is 1. The highest BCUT2D eigenvalue weighted by Gasteiger charge is 2.32. The van der Waals surface area contributed by atoms with Crippen molar-refractivity contribution in [1.82, 2.24) is 0 Å². The van der Waals surface area contributed by atoms with Crippen LogP contribution in [0.4, 0.5) is 5.69 Å². The number of anilines is 1. The molecule has 1 aromatic carbocycles. The molecule has 1 N–H and O–H groups in total. The van der Waals surface area contributed by atoms with Crippen LogP contribution in [-0.2, 0) is 9.59 Å². The molecule has 7 heteroatoms. The van der Waals surface area contributed by atoms with Gasteiger partial charge in [-0.1, -0.05) is 27.7 Å². The molecule has 1 heterocycles. The summed E-state index contributed by atoms with van der Waals surface area (Å²) in [5, 5.41) is 3.20. The second-order valence-corrected chi connectivity index (χ2v) is 6.98. The van der Waals surface area contributed by atoms with Crippen molar-refractivity contribution in [1.29, 1.82) is 0 Å². The number of aliphatic imine (C=N–C) groups is 2. The van der Waals surface area contributed by atoms with Gasteiger partial charge in [-0.25, -0.2) is 4.99 Å². The molecule has 2 amide bonds. The van der Waals surface area contributed by atoms with Crippen LogP contribution in [0.15, 0.2) is 38.7 Å². The Kier molecular flexibility index (Phi) is 4.73. The van der Waals surface area contributed by atoms with Gasteiger partial charge in [-0.15, -0.1) is 0 Å². The number of carbonyl (C=O) groups is 2. The zero-order valence-corrected chi connectivity index (χ0v) is 14.1. The molecule has 1 fully saturated rings. The first-order valence-corrected chi connectivity index (χ1v) is 8.78. The number of fused-ring (bicyclic) bond motifs is 1. The summed E-state index contributed by atoms with van der Waals surface area (Å²) in [7, 11) is 0. The summed E-state index contributed by atoms with van der Waals surface area (Å²) in [6.07, 6.45) is 2.71. The smallest absolute Gasteiger partial charge is 0.256 e. The number of nitrogens with one attached hydrogen (secondary N) is 1. The average Bonchev–Trinajstić information content (AvgIpc) is 2.97. The molecule has 3 rings (SSSR count). The van der Waals surface area contributed by atoms with Crippen molar-refractivity contribution >= 4 is 56.1 Å². The van der Waals surface area contributed by atoms with E-state index >= 15 is 0 Å². The first-order valence-electron chi connectivity index (χ1n) is 7.00. The highest BCUT2D eigenvalue weighted by atomic mass is 79.9. The highest BCUT2D eigenvalue weighted by molar-refractivity contribution is 9.10. The second-order valence-electron chi connectivity index (χ2n) is 5.12. The molecule has 1 atom stereocenters. The van der Waals surface area contributed by atoms with Crippen LogP contribution in [0.1, 0.15) is 19.3 Å². The van der Waals surface area contributed by atoms with Crippen LogP contribution < -0.4 is 5.32 Å². The minimum Gasteiger partial charge on any atom is -0.325 e. The average molecular weight is 380 g/mol. The van der Waals surface area contributed by atoms with E-state index in [9.17, 15) is 9.59 Å². The predicted octanol–water partition coefficient (Wildman–Crippen LogP) is 3.26. The van der Waals surface area contributed by atoms with Crippen LogP contribution >= 0.6 is 27.7 Å². The molecule has 0 bridgehead atoms. The number of nitrogens with zero attached hydrogens (tertiary/aromatic N) is 2. The minimum atomic E-state index is -0.142. The van der Waals surface area contributed by atoms with Crippen LogP contribution in [0.25, 0.3) is 0 Å². The standard InChI is InChI=1S/C15H14BrN3O2S/c16-9-4-6-10(7-5-9)17-13(20)8-22-15-18-12-3-1-2-11(12)14(21)19-15/h4-7,11H,1-3,8H2,(H,17,20). The lowest BCUT2D eigenvalue weighted by atomic mass is 10.1. The fourth-order valence-electron chi connectivity index (χ4n) is 2.47. The minimum absolute atomic E-state index is 0.110. The van der Waals surface area contributed by atoms with E-state index in [1.165, 1.54) is 11.8 Å². The summed E-state index contributed by atoms with van der Waals surface area (Å²) < 4.78 is 0.955. The summed E-state index contributed by atoms with van der Waals surface area (Å²) in [6.45, 7) is 0. The van der Waals surface area contributed by atoms with Crippen molar-refractivity contribution in [3.05, 3.63) is 28.7 Å². The Morgan fingerprint density at radius 1 is 1.32 bits per heavy atom. The van der Waals surface area contributed by atoms with E-state index in [1.807, 2.05) is 24.3 Å². The van der Waals surface area contributed by atoms with Gasteiger partial charge < -0.3 is 5.32 Å². The van der Waals surface area contributed by atoms with E-state index in [0.29, 0.717) is 5.17 Å². The Balaban J connectivity index is 1.55. The number of hydrogen-bond donors (Lipinski definition) is 1. The topological polar surface area (TPSA) is 70.9 Å². The summed E-state index contributed by atoms with van der Waals surface area (Å²) in [5.41, 5.74) is 1.66. The van der Waals surface area contributed by atoms with Gasteiger partial charge >= 0.3 is 0 Å². The summed E-state index contributed by atoms with van der Waals surface area (Å²) in [5.74, 6) is -0.181. The number of rotatable bonds is 3. The van der Waals surface area contributed by atoms with Crippen molar-refractivity contribution in [2.75, 3.05) is 11.1 Å². The van der Waals surface area contributed by atoms with E-state index in [1.54, 1.807) is 0 Å². The van der Waals surface area contributed by atoms with Crippen LogP contribution in [0, 0.1) is 5.92 Å². The quantitative estimate of drug-likeness (QED) is 0.875. The molecule has 0 saturated heterocycles. The fourth-order valence-corrected chi connectivity index (χ4v) is 3.41. The third kappa shape index (κ3) is 3.64. The third-order valence-corrected chi connectivity index (χ3v) is 4.91. The summed E-state index contributed by atoms with van der Waals surface area (Å²) in [4.78, 5) is 32.2. The number of thioether (sulfide) groups is 1. The number of hydrogen-bond acceptors (Lipinski definition) is 4. The van der Waals surface area contributed by atoms with Crippen LogP contribution in [0.5, 0.6) is 0 Å². The molecule has 1 aromatic rings. The molecule has 114 valence electrons. The van der Waals surface area contributed by atoms with E-state index in [0.717, 1.165) is 35.1 Å². The fraction of sp³-hybridized carbons (Fsp3) is 0.333. The molecule has 0 radical (unpaired) electrons. The SMILES string of the molecule is O=C(CSC1=NC(=O)C2CCCC2=N1)Nc1ccc(Br)cc1. The van der Waals surface area contributed by atoms with E-state index in [2.05, 4.69) is 31.2 Å². The predicted molar refractivity (Wildman–Crippen MR) is 92.4 cm³/mol. The summed E-state index contributed by atoms with van der Waals surface area (Å²) >= 11 is 4.54. The van der Waals surface area contributed by atoms with Crippen LogP contribution in [0.3, 0.4) is 0 Å². The maximum Gasteiger partial charge on any atom is 0.256 e. The number of amides is 2. The van der Waals surface area contributed by atoms with E-state index < -0.39 is 0 Å². The van der Waals surface area contributed by atoms with Crippen LogP contribution in [0.2, 0.25) is 0 Å². The molecule has 22 heavy (non-hydrogen) atoms. The molecule has 0 aromatic heterocycles. The molecule has 5 nitrogen and oxygen atoms in total. The lowest BCUT2D eigenvalue weighted by Gasteiger charge is -2.13. The van der Waals surface area contributed by atoms with Crippen molar-refractivity contribution in [2.45, 2.75) is 19.3 Å². The maximum absolute atomic E-state index is 11.9. The van der Waals surface area contributed by atoms with Gasteiger partial charge in [0.2, 0.25) is 5.91 Å². The lowest BCUT2D eigenvalue weighted by molar-refractivity contribution is -0.119. The normalized spacial score (nSPS) is 20.2. The lowest BCUT2D eigenvalue weighted by Crippen LogP contribution is -2.24. The molecule has 1 saturated carbocycles. The van der Waals surface area contributed by atoms with Crippen molar-refractivity contribution in [3.63, 3.8) is 0 Å². The molecule has 1 aliphatic carbocycles. The Hall–Kier alpha value is -1.47. The Morgan fingerprint density at radius 2 is 2.09 bits per heavy atom. The molecular formula is C15H14BrN3O2S. The molecule has 2 aliphatic rings. The van der Waals surface area contributed by atoms with Gasteiger partial charge in [0.15, 0.2) is 5.17 Å². The second kappa shape index (κ2) is 6.75. The Morgan fingerprint density at radius 3 is 2.86 bits per heavy atom. The van der Waals surface area contributed by atoms with Gasteiger partial charge in [-0.2, -0.15) is 4.99 Å². The maximum atomic E-state index is 11.9. The van der Waals surface area contributed by atoms with Gasteiger partial charge in [0.1, 0.15) is 0 Å². The van der Waals surface area contributed by atoms with Gasteiger partial charge in [-0.05, 0) is 43.5 Å². The molecule has 1 unspecified atom stereocenters. The van der Waals surface area contributed by atoms with Crippen molar-refractivity contribution in [3.8, 4) is 0 Å². The van der Waals surface area contributed by atoms with E-state index in [-0.39, 0.29) is 23.5 Å². The zero-order valence-electron chi connectivity index (χ0n) is 11.7. The van der Waals surface area contributed by atoms with Gasteiger partial charge in [-0.3, -0.25) is 9.59 Å². The van der Waals surface area contributed by atoms with Crippen LogP contribution in [-0.4, -0.2) is 28.4 Å². The first kappa shape index (κ1) is 15.4. The monoisotopic (exact) mass is 379 g/mol. The van der Waals surface area contributed by atoms with Crippen molar-refractivity contribution < 1.29 is 9.59 Å². The first-order chi connectivity index (χ1) is 10.6. The molecule has 1 aliphatic heterocycles. The largest absolute Gasteiger partial charge is 0.325 e. The summed E-state index contributed by atoms with van der Waals surface area (Å²) in [6, 6.07) is 7.35. The number of halogens is 1. The Bertz CT molecular complexity index is 670. The van der Waals surface area contributed by atoms with Crippen molar-refractivity contribution in [2.24, 2.45) is 15.9 Å². The molecule has 0 spiro atoms. The van der Waals surface area contributed by atoms with Gasteiger partial charge in [0, 0.05) is 15.9 Å². The van der Waals surface area contributed by atoms with Gasteiger partial charge in [0.05, 0.1) is 11.7 Å². The molecular weight excluding hydrogens is 366 g/mol. The Labute approximate surface area is 140 Å². The highest BCUT2D eigenvalue weighted by Crippen LogP contribution is 2.28. The number of amidine groups is 1. The van der Waals surface area contributed by atoms with Gasteiger partial charge in [0.25, 0.3) is 5.91 Å².